The van der Waals surface area contributed by atoms with Crippen molar-refractivity contribution in [2.75, 3.05) is 9.80 Å². The van der Waals surface area contributed by atoms with Crippen LogP contribution in [0.3, 0.4) is 0 Å². The summed E-state index contributed by atoms with van der Waals surface area (Å²) < 4.78 is 21.8. The molecule has 0 aliphatic carbocycles. The lowest BCUT2D eigenvalue weighted by atomic mass is 9.33. The van der Waals surface area contributed by atoms with Crippen LogP contribution < -0.4 is 26.2 Å². The number of hydrogen-bond donors (Lipinski definition) is 0. The van der Waals surface area contributed by atoms with Gasteiger partial charge >= 0.3 is 0 Å². The summed E-state index contributed by atoms with van der Waals surface area (Å²) in [6.07, 6.45) is 0. The van der Waals surface area contributed by atoms with E-state index in [-0.39, 0.29) is 28.4 Å². The van der Waals surface area contributed by atoms with Crippen molar-refractivity contribution in [2.24, 2.45) is 0 Å². The van der Waals surface area contributed by atoms with Crippen molar-refractivity contribution in [2.45, 2.75) is 105 Å². The smallest absolute Gasteiger partial charge is 0.252 e. The van der Waals surface area contributed by atoms with Gasteiger partial charge in [-0.3, -0.25) is 0 Å². The van der Waals surface area contributed by atoms with Gasteiger partial charge in [-0.25, -0.2) is 0 Å². The van der Waals surface area contributed by atoms with Crippen LogP contribution in [-0.2, 0) is 21.7 Å². The van der Waals surface area contributed by atoms with Crippen LogP contribution in [0.4, 0.5) is 34.1 Å². The first-order valence-corrected chi connectivity index (χ1v) is 45.9. The largest absolute Gasteiger partial charge is 0.456 e. The van der Waals surface area contributed by atoms with Gasteiger partial charge in [-0.1, -0.05) is 301 Å². The van der Waals surface area contributed by atoms with Gasteiger partial charge in [-0.2, -0.15) is 0 Å². The molecule has 22 aromatic rings. The van der Waals surface area contributed by atoms with Crippen LogP contribution in [0.1, 0.15) is 105 Å². The summed E-state index contributed by atoms with van der Waals surface area (Å²) in [6, 6.07) is 130. The Morgan fingerprint density at radius 1 is 0.246 bits per heavy atom. The molecule has 24 rings (SSSR count). The Bertz CT molecular complexity index is 8090. The molecule has 126 heavy (non-hydrogen) atoms. The highest BCUT2D eigenvalue weighted by Gasteiger charge is 2.47. The van der Waals surface area contributed by atoms with Crippen LogP contribution >= 0.6 is 22.7 Å². The van der Waals surface area contributed by atoms with E-state index in [1.54, 1.807) is 0 Å². The van der Waals surface area contributed by atoms with E-state index in [9.17, 15) is 0 Å². The zero-order chi connectivity index (χ0) is 85.3. The molecule has 8 heteroatoms. The molecule has 0 amide bonds. The predicted molar refractivity (Wildman–Crippen MR) is 543 cm³/mol. The molecular weight excluding hydrogens is 1570 g/mol. The Kier molecular flexibility index (Phi) is 16.8. The molecule has 0 saturated heterocycles. The maximum atomic E-state index is 7.10. The van der Waals surface area contributed by atoms with E-state index in [1.807, 2.05) is 22.7 Å². The second kappa shape index (κ2) is 27.9. The van der Waals surface area contributed by atoms with Crippen LogP contribution in [0.15, 0.2) is 349 Å². The SMILES string of the molecule is CC(C)(C)c1cc(-c2cccc3oc4ccccc4c23)c(N2c3ccc(-c4cccc(-c5ccccc5)c4)cc3B3c4ccc(C(C)(C)C)cc4N(c4c(-c5cccc6oc7ccccc7c56)cc(C(C)(C)C)cc4-c4cccc5sc6ccccc6c45)c4cc(-n5c6ccccc6c6cc(C(C)(C)C)ccc65)cc2c43)c(-c2cccc3sc4ccccc4c23)c1. The molecule has 2 aliphatic heterocycles. The zero-order valence-electron chi connectivity index (χ0n) is 72.9. The molecule has 17 aromatic carbocycles. The standard InChI is InChI=1S/C118H92BN3O2S2/c1-115(2,3)73-55-58-95-87(61-73)78-35-16-21-44-94(78)120(95)77-67-98-112-99(68-77)122(114-89(80-41-28-48-103-109(80)84-37-18-23-46-101(84)124-103)63-76(118(10,11)12)65-91(114)82-43-30-52-107-111(82)86-39-20-25-50-105(86)126-107)97-66-74(116(4,5)6)54-56-92(97)119(112)93-60-72(71-34-26-33-70(59-71)69-31-14-13-15-32-69)53-57-96(93)121(98)113-88(79-40-27-47-102-108(79)83-36-17-22-45-100(83)123-102)62-75(117(7,8)9)64-90(113)81-42-29-51-106-110(81)85-38-19-24-49-104(85)125-106/h13-68H,1-12H3. The van der Waals surface area contributed by atoms with Gasteiger partial charge in [0.05, 0.1) is 28.1 Å². The van der Waals surface area contributed by atoms with Crippen molar-refractivity contribution in [1.29, 1.82) is 0 Å². The first-order valence-electron chi connectivity index (χ1n) is 44.3. The van der Waals surface area contributed by atoms with Gasteiger partial charge in [0.25, 0.3) is 6.71 Å². The molecule has 0 bridgehead atoms. The minimum atomic E-state index is -0.363. The third kappa shape index (κ3) is 11.8. The summed E-state index contributed by atoms with van der Waals surface area (Å²) in [5.41, 5.74) is 34.3. The van der Waals surface area contributed by atoms with Gasteiger partial charge in [-0.15, -0.1) is 22.7 Å². The van der Waals surface area contributed by atoms with Crippen molar-refractivity contribution in [3.05, 3.63) is 362 Å². The normalized spacial score (nSPS) is 13.2. The Balaban J connectivity index is 0.936. The quantitative estimate of drug-likeness (QED) is 0.135. The maximum Gasteiger partial charge on any atom is 0.252 e. The molecule has 2 aliphatic rings. The fourth-order valence-electron chi connectivity index (χ4n) is 20.9. The van der Waals surface area contributed by atoms with Gasteiger partial charge in [0.1, 0.15) is 22.3 Å². The van der Waals surface area contributed by atoms with Crippen molar-refractivity contribution in [3.63, 3.8) is 0 Å². The number of para-hydroxylation sites is 3. The lowest BCUT2D eigenvalue weighted by molar-refractivity contribution is 0.590. The number of rotatable bonds is 9. The summed E-state index contributed by atoms with van der Waals surface area (Å²) in [4.78, 5) is 5.58. The molecule has 0 unspecified atom stereocenters. The minimum absolute atomic E-state index is 0.129. The van der Waals surface area contributed by atoms with Crippen LogP contribution in [0.5, 0.6) is 0 Å². The van der Waals surface area contributed by atoms with Crippen LogP contribution in [0.25, 0.3) is 178 Å². The average molecular weight is 1660 g/mol. The van der Waals surface area contributed by atoms with Gasteiger partial charge < -0.3 is 23.2 Å². The lowest BCUT2D eigenvalue weighted by Gasteiger charge is -2.46. The average Bonchev–Trinajstić information content (AvgIpc) is 0.772. The van der Waals surface area contributed by atoms with Crippen LogP contribution in [0.2, 0.25) is 0 Å². The molecule has 5 aromatic heterocycles. The molecule has 0 atom stereocenters. The molecule has 0 saturated carbocycles. The van der Waals surface area contributed by atoms with E-state index >= 15 is 0 Å². The fourth-order valence-corrected chi connectivity index (χ4v) is 23.2. The summed E-state index contributed by atoms with van der Waals surface area (Å²) in [5, 5.41) is 11.7. The number of thiophene rings is 2. The van der Waals surface area contributed by atoms with E-state index in [2.05, 4.69) is 437 Å². The van der Waals surface area contributed by atoms with Gasteiger partial charge in [0.15, 0.2) is 0 Å². The summed E-state index contributed by atoms with van der Waals surface area (Å²) in [5.74, 6) is 0. The first-order chi connectivity index (χ1) is 61.0. The summed E-state index contributed by atoms with van der Waals surface area (Å²) in [7, 11) is 0. The number of nitrogens with zero attached hydrogens (tertiary/aromatic N) is 3. The third-order valence-corrected chi connectivity index (χ3v) is 29.5. The Morgan fingerprint density at radius 3 is 1.19 bits per heavy atom. The number of furan rings is 2. The number of hydrogen-bond acceptors (Lipinski definition) is 6. The van der Waals surface area contributed by atoms with Gasteiger partial charge in [-0.05, 0) is 226 Å². The lowest BCUT2D eigenvalue weighted by Crippen LogP contribution is -2.61. The number of anilines is 6. The predicted octanol–water partition coefficient (Wildman–Crippen LogP) is 32.6. The van der Waals surface area contributed by atoms with E-state index < -0.39 is 0 Å². The number of benzene rings is 17. The molecule has 5 nitrogen and oxygen atoms in total. The zero-order valence-corrected chi connectivity index (χ0v) is 74.5. The van der Waals surface area contributed by atoms with Crippen molar-refractivity contribution in [3.8, 4) is 72.4 Å². The number of fused-ring (bicyclic) bond motifs is 19. The Morgan fingerprint density at radius 2 is 0.651 bits per heavy atom. The van der Waals surface area contributed by atoms with E-state index in [0.29, 0.717) is 0 Å². The summed E-state index contributed by atoms with van der Waals surface area (Å²) in [6.45, 7) is 28.2. The van der Waals surface area contributed by atoms with E-state index in [4.69, 9.17) is 8.83 Å². The summed E-state index contributed by atoms with van der Waals surface area (Å²) >= 11 is 3.76. The minimum Gasteiger partial charge on any atom is -0.456 e. The molecule has 606 valence electrons. The van der Waals surface area contributed by atoms with E-state index in [1.165, 1.54) is 112 Å². The van der Waals surface area contributed by atoms with Crippen LogP contribution in [0, 0.1) is 0 Å². The fraction of sp³-hybridized carbons (Fsp3) is 0.136. The molecular formula is C118H92BN3O2S2. The van der Waals surface area contributed by atoms with E-state index in [0.717, 1.165) is 139 Å². The third-order valence-electron chi connectivity index (χ3n) is 27.2. The molecule has 0 radical (unpaired) electrons. The number of aromatic nitrogens is 1. The maximum absolute atomic E-state index is 7.10. The van der Waals surface area contributed by atoms with Crippen molar-refractivity contribution < 1.29 is 8.83 Å². The Labute approximate surface area is 742 Å². The highest BCUT2D eigenvalue weighted by molar-refractivity contribution is 7.26. The Hall–Kier alpha value is -13.8. The monoisotopic (exact) mass is 1660 g/mol. The highest BCUT2D eigenvalue weighted by atomic mass is 32.1. The second-order valence-corrected chi connectivity index (χ2v) is 41.2. The van der Waals surface area contributed by atoms with Crippen molar-refractivity contribution in [1.82, 2.24) is 4.57 Å². The van der Waals surface area contributed by atoms with Crippen LogP contribution in [-0.4, -0.2) is 11.3 Å². The molecule has 0 fully saturated rings. The first kappa shape index (κ1) is 75.9. The molecule has 0 spiro atoms. The van der Waals surface area contributed by atoms with Gasteiger partial charge in [0, 0.05) is 118 Å². The molecule has 0 N–H and O–H groups in total. The van der Waals surface area contributed by atoms with Crippen molar-refractivity contribution >= 4 is 186 Å². The molecule has 7 heterocycles. The second-order valence-electron chi connectivity index (χ2n) is 39.0. The van der Waals surface area contributed by atoms with Gasteiger partial charge in [0.2, 0.25) is 0 Å². The topological polar surface area (TPSA) is 37.7 Å². The highest BCUT2D eigenvalue weighted by Crippen LogP contribution is 2.59.